The molecule has 228 valence electrons. The van der Waals surface area contributed by atoms with Crippen molar-refractivity contribution in [3.8, 4) is 39.5 Å². The molecule has 1 aliphatic heterocycles. The lowest BCUT2D eigenvalue weighted by Gasteiger charge is -2.33. The van der Waals surface area contributed by atoms with Gasteiger partial charge < -0.3 is 18.8 Å². The molecular weight excluding hydrogens is 598 g/mol. The van der Waals surface area contributed by atoms with Crippen molar-refractivity contribution in [3.63, 3.8) is 0 Å². The number of amides is 1. The molecule has 5 aromatic heterocycles. The van der Waals surface area contributed by atoms with E-state index in [0.29, 0.717) is 35.7 Å². The van der Waals surface area contributed by atoms with Gasteiger partial charge in [0.2, 0.25) is 5.91 Å². The van der Waals surface area contributed by atoms with Crippen LogP contribution in [0.2, 0.25) is 0 Å². The minimum atomic E-state index is -0.784. The second-order valence-electron chi connectivity index (χ2n) is 10.6. The van der Waals surface area contributed by atoms with Gasteiger partial charge in [-0.15, -0.1) is 11.3 Å². The molecule has 1 aliphatic rings. The molecule has 1 amide bonds. The van der Waals surface area contributed by atoms with Crippen LogP contribution in [0.15, 0.2) is 73.0 Å². The lowest BCUT2D eigenvalue weighted by atomic mass is 9.96. The maximum Gasteiger partial charge on any atom is 0.246 e. The highest BCUT2D eigenvalue weighted by atomic mass is 32.1. The number of hydrogen-bond donors (Lipinski definition) is 0. The zero-order valence-corrected chi connectivity index (χ0v) is 25.4. The minimum Gasteiger partial charge on any atom is -0.490 e. The Morgan fingerprint density at radius 3 is 2.82 bits per heavy atom. The number of hydrogen-bond acceptors (Lipinski definition) is 7. The Bertz CT molecular complexity index is 2100. The molecule has 7 rings (SSSR count). The summed E-state index contributed by atoms with van der Waals surface area (Å²) in [7, 11) is 1.53. The Hall–Kier alpha value is -4.94. The molecule has 9 nitrogen and oxygen atoms in total. The highest BCUT2D eigenvalue weighted by Gasteiger charge is 2.31. The topological polar surface area (TPSA) is 86.8 Å². The Balaban J connectivity index is 1.50. The van der Waals surface area contributed by atoms with Gasteiger partial charge in [0.15, 0.2) is 0 Å². The third-order valence-corrected chi connectivity index (χ3v) is 8.98. The van der Waals surface area contributed by atoms with Crippen molar-refractivity contribution in [2.75, 3.05) is 26.9 Å². The quantitative estimate of drug-likeness (QED) is 0.141. The molecule has 0 spiro atoms. The standard InChI is InChI=1S/C33H28F2N6O3S/c1-4-28(42)40-10-11-41-25(19(40)2)17-24(38-41)32-30(29-23(35)15-21(34)16-26(29)44-13-12-43-3)33-22(7-14-45-33)31(37-32)20-5-6-27-36-8-9-39(27)18-20/h4-9,14-19H,1,10-13H2,2-3H3. The van der Waals surface area contributed by atoms with Crippen LogP contribution in [0.1, 0.15) is 18.7 Å². The number of carbonyl (C=O) groups excluding carboxylic acids is 1. The van der Waals surface area contributed by atoms with E-state index in [1.54, 1.807) is 11.1 Å². The van der Waals surface area contributed by atoms with Gasteiger partial charge in [0.1, 0.15) is 41.0 Å². The van der Waals surface area contributed by atoms with E-state index < -0.39 is 11.6 Å². The average molecular weight is 627 g/mol. The van der Waals surface area contributed by atoms with Crippen molar-refractivity contribution in [3.05, 3.63) is 90.4 Å². The number of benzene rings is 1. The van der Waals surface area contributed by atoms with Gasteiger partial charge >= 0.3 is 0 Å². The van der Waals surface area contributed by atoms with E-state index in [9.17, 15) is 9.18 Å². The number of pyridine rings is 2. The van der Waals surface area contributed by atoms with Crippen molar-refractivity contribution in [1.82, 2.24) is 29.0 Å². The molecule has 0 radical (unpaired) electrons. The summed E-state index contributed by atoms with van der Waals surface area (Å²) in [6, 6.07) is 9.43. The average Bonchev–Trinajstić information content (AvgIpc) is 3.80. The monoisotopic (exact) mass is 626 g/mol. The van der Waals surface area contributed by atoms with Gasteiger partial charge in [-0.2, -0.15) is 5.10 Å². The van der Waals surface area contributed by atoms with Crippen LogP contribution in [-0.2, 0) is 16.1 Å². The molecule has 0 bridgehead atoms. The summed E-state index contributed by atoms with van der Waals surface area (Å²) in [5, 5.41) is 7.64. The zero-order chi connectivity index (χ0) is 31.2. The van der Waals surface area contributed by atoms with Crippen molar-refractivity contribution < 1.29 is 23.0 Å². The highest BCUT2D eigenvalue weighted by molar-refractivity contribution is 7.18. The molecule has 1 aromatic carbocycles. The number of aromatic nitrogens is 5. The van der Waals surface area contributed by atoms with E-state index in [4.69, 9.17) is 19.6 Å². The summed E-state index contributed by atoms with van der Waals surface area (Å²) in [4.78, 5) is 23.8. The summed E-state index contributed by atoms with van der Waals surface area (Å²) in [6.07, 6.45) is 6.83. The Labute approximate surface area is 261 Å². The fourth-order valence-corrected chi connectivity index (χ4v) is 6.85. The number of carbonyl (C=O) groups is 1. The summed E-state index contributed by atoms with van der Waals surface area (Å²) in [6.45, 7) is 6.83. The van der Waals surface area contributed by atoms with Crippen LogP contribution in [0.5, 0.6) is 5.75 Å². The molecule has 0 saturated heterocycles. The minimum absolute atomic E-state index is 0.0370. The number of ether oxygens (including phenoxy) is 2. The van der Waals surface area contributed by atoms with Crippen molar-refractivity contribution in [2.24, 2.45) is 0 Å². The molecule has 0 fully saturated rings. The number of methoxy groups -OCH3 is 1. The Morgan fingerprint density at radius 2 is 2.00 bits per heavy atom. The predicted octanol–water partition coefficient (Wildman–Crippen LogP) is 6.53. The van der Waals surface area contributed by atoms with Crippen LogP contribution < -0.4 is 4.74 Å². The number of rotatable bonds is 8. The highest BCUT2D eigenvalue weighted by Crippen LogP contribution is 2.47. The first-order chi connectivity index (χ1) is 21.9. The first-order valence-electron chi connectivity index (χ1n) is 14.3. The maximum atomic E-state index is 16.0. The molecule has 1 atom stereocenters. The van der Waals surface area contributed by atoms with Gasteiger partial charge in [-0.1, -0.05) is 6.58 Å². The molecule has 6 aromatic rings. The third kappa shape index (κ3) is 4.95. The molecule has 12 heteroatoms. The van der Waals surface area contributed by atoms with Crippen LogP contribution in [0.4, 0.5) is 8.78 Å². The second-order valence-corrected chi connectivity index (χ2v) is 11.6. The SMILES string of the molecule is C=CC(=O)N1CCn2nc(-c3nc(-c4ccc5nccn5c4)c4ccsc4c3-c3c(F)cc(F)cc3OCCOC)cc2C1C. The smallest absolute Gasteiger partial charge is 0.246 e. The molecule has 0 saturated carbocycles. The number of fused-ring (bicyclic) bond motifs is 3. The van der Waals surface area contributed by atoms with Crippen LogP contribution in [-0.4, -0.2) is 61.8 Å². The normalized spacial score (nSPS) is 14.7. The van der Waals surface area contributed by atoms with Crippen LogP contribution in [0, 0.1) is 11.6 Å². The van der Waals surface area contributed by atoms with Gasteiger partial charge in [-0.25, -0.2) is 18.7 Å². The number of thiophene rings is 1. The number of nitrogens with zero attached hydrogens (tertiary/aromatic N) is 6. The number of imidazole rings is 1. The zero-order valence-electron chi connectivity index (χ0n) is 24.5. The van der Waals surface area contributed by atoms with Crippen molar-refractivity contribution >= 4 is 33.0 Å². The molecule has 0 N–H and O–H groups in total. The summed E-state index contributed by atoms with van der Waals surface area (Å²) in [5.74, 6) is -1.68. The molecular formula is C33H28F2N6O3S. The second kappa shape index (κ2) is 11.5. The van der Waals surface area contributed by atoms with Gasteiger partial charge in [0, 0.05) is 65.6 Å². The van der Waals surface area contributed by atoms with E-state index in [2.05, 4.69) is 11.6 Å². The molecule has 6 heterocycles. The van der Waals surface area contributed by atoms with Crippen molar-refractivity contribution in [1.29, 1.82) is 0 Å². The fraction of sp³-hybridized carbons (Fsp3) is 0.212. The van der Waals surface area contributed by atoms with E-state index >= 15 is 4.39 Å². The summed E-state index contributed by atoms with van der Waals surface area (Å²) >= 11 is 1.43. The summed E-state index contributed by atoms with van der Waals surface area (Å²) in [5.41, 5.74) is 4.53. The van der Waals surface area contributed by atoms with Gasteiger partial charge in [-0.05, 0) is 42.6 Å². The van der Waals surface area contributed by atoms with Crippen LogP contribution in [0.3, 0.4) is 0 Å². The van der Waals surface area contributed by atoms with Gasteiger partial charge in [0.25, 0.3) is 0 Å². The number of halogens is 2. The van der Waals surface area contributed by atoms with E-state index in [1.165, 1.54) is 30.6 Å². The first kappa shape index (κ1) is 28.8. The fourth-order valence-electron chi connectivity index (χ4n) is 5.90. The first-order valence-corrected chi connectivity index (χ1v) is 15.2. The molecule has 0 aliphatic carbocycles. The Kier molecular flexibility index (Phi) is 7.38. The maximum absolute atomic E-state index is 16.0. The lowest BCUT2D eigenvalue weighted by molar-refractivity contribution is -0.129. The van der Waals surface area contributed by atoms with Crippen LogP contribution in [0.25, 0.3) is 49.5 Å². The van der Waals surface area contributed by atoms with E-state index in [1.807, 2.05) is 58.0 Å². The molecule has 1 unspecified atom stereocenters. The van der Waals surface area contributed by atoms with Gasteiger partial charge in [0.05, 0.1) is 36.1 Å². The Morgan fingerprint density at radius 1 is 1.13 bits per heavy atom. The van der Waals surface area contributed by atoms with Crippen molar-refractivity contribution in [2.45, 2.75) is 19.5 Å². The van der Waals surface area contributed by atoms with E-state index in [0.717, 1.165) is 33.1 Å². The predicted molar refractivity (Wildman–Crippen MR) is 168 cm³/mol. The molecule has 45 heavy (non-hydrogen) atoms. The van der Waals surface area contributed by atoms with E-state index in [-0.39, 0.29) is 36.5 Å². The largest absolute Gasteiger partial charge is 0.490 e. The third-order valence-electron chi connectivity index (χ3n) is 8.04. The summed E-state index contributed by atoms with van der Waals surface area (Å²) < 4.78 is 46.1. The lowest BCUT2D eigenvalue weighted by Crippen LogP contribution is -2.40. The van der Waals surface area contributed by atoms with Crippen LogP contribution >= 0.6 is 11.3 Å². The van der Waals surface area contributed by atoms with Gasteiger partial charge in [-0.3, -0.25) is 9.48 Å².